The van der Waals surface area contributed by atoms with Crippen molar-refractivity contribution in [3.8, 4) is 11.3 Å². The van der Waals surface area contributed by atoms with Crippen molar-refractivity contribution in [2.75, 3.05) is 19.8 Å². The van der Waals surface area contributed by atoms with Gasteiger partial charge in [0, 0.05) is 37.7 Å². The Balaban J connectivity index is 1.61. The van der Waals surface area contributed by atoms with Crippen molar-refractivity contribution in [3.63, 3.8) is 0 Å². The van der Waals surface area contributed by atoms with Crippen LogP contribution in [-0.2, 0) is 22.2 Å². The van der Waals surface area contributed by atoms with E-state index in [1.807, 2.05) is 0 Å². The second-order valence-electron chi connectivity index (χ2n) is 8.26. The molecule has 1 amide bonds. The van der Waals surface area contributed by atoms with Crippen LogP contribution in [0.3, 0.4) is 0 Å². The van der Waals surface area contributed by atoms with Gasteiger partial charge in [0.25, 0.3) is 0 Å². The standard InChI is InChI=1S/C22H27F3N4O4/c23-22(24,25)18-13-15(7-8-26-18)16-14-28(10-12-33-19-6-2-4-11-32-19)20(27-16)17-5-1-3-9-29(17)21(30)31/h7-8,13-14,17,19H,1-6,9-12H2,(H,30,31). The van der Waals surface area contributed by atoms with Crippen molar-refractivity contribution in [3.05, 3.63) is 36.0 Å². The Bertz CT molecular complexity index is 959. The van der Waals surface area contributed by atoms with Crippen LogP contribution in [0.2, 0.25) is 0 Å². The van der Waals surface area contributed by atoms with Crippen LogP contribution in [0.15, 0.2) is 24.5 Å². The van der Waals surface area contributed by atoms with Crippen LogP contribution in [0.5, 0.6) is 0 Å². The third kappa shape index (κ3) is 5.64. The highest BCUT2D eigenvalue weighted by atomic mass is 19.4. The van der Waals surface area contributed by atoms with E-state index in [4.69, 9.17) is 9.47 Å². The summed E-state index contributed by atoms with van der Waals surface area (Å²) in [6, 6.07) is 1.95. The molecule has 0 saturated carbocycles. The highest BCUT2D eigenvalue weighted by molar-refractivity contribution is 5.66. The Labute approximate surface area is 189 Å². The second kappa shape index (κ2) is 10.1. The lowest BCUT2D eigenvalue weighted by Crippen LogP contribution is -2.38. The molecule has 0 aromatic carbocycles. The fourth-order valence-electron chi connectivity index (χ4n) is 4.31. The number of pyridine rings is 1. The van der Waals surface area contributed by atoms with Gasteiger partial charge in [-0.2, -0.15) is 13.2 Å². The van der Waals surface area contributed by atoms with Crippen LogP contribution in [0.4, 0.5) is 18.0 Å². The molecule has 8 nitrogen and oxygen atoms in total. The minimum absolute atomic E-state index is 0.270. The number of piperidine rings is 1. The smallest absolute Gasteiger partial charge is 0.433 e. The first-order chi connectivity index (χ1) is 15.8. The molecule has 4 rings (SSSR count). The first-order valence-electron chi connectivity index (χ1n) is 11.2. The summed E-state index contributed by atoms with van der Waals surface area (Å²) >= 11 is 0. The number of carboxylic acid groups (broad SMARTS) is 1. The van der Waals surface area contributed by atoms with Gasteiger partial charge in [-0.3, -0.25) is 9.88 Å². The summed E-state index contributed by atoms with van der Waals surface area (Å²) < 4.78 is 52.7. The fourth-order valence-corrected chi connectivity index (χ4v) is 4.31. The Morgan fingerprint density at radius 3 is 2.79 bits per heavy atom. The number of hydrogen-bond acceptors (Lipinski definition) is 5. The van der Waals surface area contributed by atoms with E-state index < -0.39 is 24.0 Å². The highest BCUT2D eigenvalue weighted by Gasteiger charge is 2.34. The van der Waals surface area contributed by atoms with Crippen LogP contribution in [-0.4, -0.2) is 56.7 Å². The molecule has 0 spiro atoms. The minimum atomic E-state index is -4.57. The fraction of sp³-hybridized carbons (Fsp3) is 0.591. The number of nitrogens with zero attached hydrogens (tertiary/aromatic N) is 4. The van der Waals surface area contributed by atoms with E-state index >= 15 is 0 Å². The molecule has 2 aromatic rings. The summed E-state index contributed by atoms with van der Waals surface area (Å²) in [5.74, 6) is 0.505. The Hall–Kier alpha value is -2.66. The van der Waals surface area contributed by atoms with E-state index in [-0.39, 0.29) is 11.9 Å². The molecule has 33 heavy (non-hydrogen) atoms. The molecule has 2 aromatic heterocycles. The molecule has 180 valence electrons. The van der Waals surface area contributed by atoms with Gasteiger partial charge in [-0.25, -0.2) is 9.78 Å². The molecule has 2 aliphatic heterocycles. The molecular weight excluding hydrogens is 441 g/mol. The molecule has 0 aliphatic carbocycles. The summed E-state index contributed by atoms with van der Waals surface area (Å²) in [6.45, 7) is 1.74. The lowest BCUT2D eigenvalue weighted by atomic mass is 10.0. The van der Waals surface area contributed by atoms with Crippen LogP contribution >= 0.6 is 0 Å². The number of alkyl halides is 3. The maximum Gasteiger partial charge on any atom is 0.433 e. The highest BCUT2D eigenvalue weighted by Crippen LogP contribution is 2.34. The first kappa shape index (κ1) is 23.5. The first-order valence-corrected chi connectivity index (χ1v) is 11.2. The summed E-state index contributed by atoms with van der Waals surface area (Å²) in [4.78, 5) is 21.2. The van der Waals surface area contributed by atoms with Crippen molar-refractivity contribution >= 4 is 6.09 Å². The molecule has 0 radical (unpaired) electrons. The van der Waals surface area contributed by atoms with Crippen molar-refractivity contribution in [2.24, 2.45) is 0 Å². The minimum Gasteiger partial charge on any atom is -0.465 e. The van der Waals surface area contributed by atoms with Crippen LogP contribution in [0.1, 0.15) is 56.1 Å². The summed E-state index contributed by atoms with van der Waals surface area (Å²) in [7, 11) is 0. The Morgan fingerprint density at radius 1 is 1.24 bits per heavy atom. The van der Waals surface area contributed by atoms with Crippen LogP contribution in [0.25, 0.3) is 11.3 Å². The van der Waals surface area contributed by atoms with Gasteiger partial charge in [-0.05, 0) is 50.7 Å². The van der Waals surface area contributed by atoms with Gasteiger partial charge < -0.3 is 19.1 Å². The summed E-state index contributed by atoms with van der Waals surface area (Å²) in [5, 5.41) is 9.67. The van der Waals surface area contributed by atoms with E-state index in [2.05, 4.69) is 9.97 Å². The predicted octanol–water partition coefficient (Wildman–Crippen LogP) is 4.71. The maximum absolute atomic E-state index is 13.2. The average molecular weight is 468 g/mol. The molecule has 11 heteroatoms. The van der Waals surface area contributed by atoms with Gasteiger partial charge in [0.05, 0.1) is 18.3 Å². The van der Waals surface area contributed by atoms with Gasteiger partial charge in [0.15, 0.2) is 6.29 Å². The van der Waals surface area contributed by atoms with E-state index in [1.165, 1.54) is 11.0 Å². The molecule has 2 atom stereocenters. The zero-order valence-electron chi connectivity index (χ0n) is 18.1. The normalized spacial score (nSPS) is 21.8. The number of hydrogen-bond donors (Lipinski definition) is 1. The van der Waals surface area contributed by atoms with E-state index in [0.29, 0.717) is 44.2 Å². The molecule has 2 fully saturated rings. The molecule has 2 saturated heterocycles. The number of amides is 1. The molecule has 2 aliphatic rings. The second-order valence-corrected chi connectivity index (χ2v) is 8.26. The number of aromatic nitrogens is 3. The predicted molar refractivity (Wildman–Crippen MR) is 111 cm³/mol. The molecular formula is C22H27F3N4O4. The Morgan fingerprint density at radius 2 is 2.06 bits per heavy atom. The number of ether oxygens (including phenoxy) is 2. The SMILES string of the molecule is O=C(O)N1CCCCC1c1nc(-c2ccnc(C(F)(F)F)c2)cn1CCOC1CCCCO1. The number of imidazole rings is 1. The average Bonchev–Trinajstić information content (AvgIpc) is 3.23. The third-order valence-electron chi connectivity index (χ3n) is 5.97. The van der Waals surface area contributed by atoms with Crippen molar-refractivity contribution in [2.45, 2.75) is 63.6 Å². The zero-order valence-corrected chi connectivity index (χ0v) is 18.1. The lowest BCUT2D eigenvalue weighted by molar-refractivity contribution is -0.163. The number of halogens is 3. The largest absolute Gasteiger partial charge is 0.465 e. The monoisotopic (exact) mass is 468 g/mol. The van der Waals surface area contributed by atoms with Gasteiger partial charge in [0.1, 0.15) is 11.5 Å². The topological polar surface area (TPSA) is 89.7 Å². The van der Waals surface area contributed by atoms with Crippen molar-refractivity contribution < 1.29 is 32.5 Å². The molecule has 2 unspecified atom stereocenters. The number of likely N-dealkylation sites (tertiary alicyclic amines) is 1. The quantitative estimate of drug-likeness (QED) is 0.660. The maximum atomic E-state index is 13.2. The van der Waals surface area contributed by atoms with Gasteiger partial charge in [0.2, 0.25) is 0 Å². The molecule has 0 bridgehead atoms. The Kier molecular flexibility index (Phi) is 7.18. The van der Waals surface area contributed by atoms with E-state index in [0.717, 1.165) is 44.4 Å². The van der Waals surface area contributed by atoms with Gasteiger partial charge >= 0.3 is 12.3 Å². The lowest BCUT2D eigenvalue weighted by Gasteiger charge is -2.33. The zero-order chi connectivity index (χ0) is 23.4. The van der Waals surface area contributed by atoms with Crippen LogP contribution < -0.4 is 0 Å². The van der Waals surface area contributed by atoms with Gasteiger partial charge in [-0.15, -0.1) is 0 Å². The summed E-state index contributed by atoms with van der Waals surface area (Å²) in [6.07, 6.45) is 1.93. The number of carbonyl (C=O) groups is 1. The van der Waals surface area contributed by atoms with Crippen molar-refractivity contribution in [1.29, 1.82) is 0 Å². The van der Waals surface area contributed by atoms with Crippen molar-refractivity contribution in [1.82, 2.24) is 19.4 Å². The van der Waals surface area contributed by atoms with E-state index in [1.54, 1.807) is 10.8 Å². The number of rotatable bonds is 6. The van der Waals surface area contributed by atoms with Gasteiger partial charge in [-0.1, -0.05) is 0 Å². The van der Waals surface area contributed by atoms with Crippen LogP contribution in [0, 0.1) is 0 Å². The molecule has 1 N–H and O–H groups in total. The third-order valence-corrected chi connectivity index (χ3v) is 5.97. The molecule has 4 heterocycles. The van der Waals surface area contributed by atoms with E-state index in [9.17, 15) is 23.1 Å². The summed E-state index contributed by atoms with van der Waals surface area (Å²) in [5.41, 5.74) is -0.395.